The van der Waals surface area contributed by atoms with Gasteiger partial charge in [-0.15, -0.1) is 0 Å². The van der Waals surface area contributed by atoms with E-state index in [9.17, 15) is 14.4 Å². The van der Waals surface area contributed by atoms with E-state index in [-0.39, 0.29) is 24.5 Å². The third-order valence-electron chi connectivity index (χ3n) is 6.35. The first kappa shape index (κ1) is 20.3. The van der Waals surface area contributed by atoms with Crippen LogP contribution in [-0.2, 0) is 16.0 Å². The standard InChI is InChI=1S/C25H24N2O5/c28-23(27-19(16-31-25(27)30)13-17-7-3-1-4-8-17)21-14-18-11-12-22(21)26(15-18)24(29)32-20-9-5-2-6-10-20/h1-12,18-19,21-22H,13-16H2/t18-,19-,21-,22+/m0/s1. The second-order valence-electron chi connectivity index (χ2n) is 8.44. The van der Waals surface area contributed by atoms with Gasteiger partial charge in [-0.2, -0.15) is 0 Å². The largest absolute Gasteiger partial charge is 0.447 e. The van der Waals surface area contributed by atoms with Gasteiger partial charge in [0.15, 0.2) is 0 Å². The van der Waals surface area contributed by atoms with E-state index < -0.39 is 24.1 Å². The summed E-state index contributed by atoms with van der Waals surface area (Å²) in [6.45, 7) is 0.671. The Morgan fingerprint density at radius 2 is 1.72 bits per heavy atom. The molecule has 4 atom stereocenters. The van der Waals surface area contributed by atoms with E-state index >= 15 is 0 Å². The summed E-state index contributed by atoms with van der Waals surface area (Å²) < 4.78 is 10.8. The minimum atomic E-state index is -0.611. The molecule has 6 rings (SSSR count). The van der Waals surface area contributed by atoms with Crippen LogP contribution < -0.4 is 4.74 Å². The lowest BCUT2D eigenvalue weighted by molar-refractivity contribution is -0.137. The van der Waals surface area contributed by atoms with Crippen molar-refractivity contribution in [3.63, 3.8) is 0 Å². The van der Waals surface area contributed by atoms with Crippen molar-refractivity contribution >= 4 is 18.1 Å². The fraction of sp³-hybridized carbons (Fsp3) is 0.320. The van der Waals surface area contributed by atoms with E-state index in [0.29, 0.717) is 25.1 Å². The van der Waals surface area contributed by atoms with Gasteiger partial charge in [0.25, 0.3) is 0 Å². The molecule has 32 heavy (non-hydrogen) atoms. The number of cyclic esters (lactones) is 1. The number of para-hydroxylation sites is 1. The molecule has 3 amide bonds. The molecule has 7 nitrogen and oxygen atoms in total. The Morgan fingerprint density at radius 3 is 2.44 bits per heavy atom. The molecule has 0 unspecified atom stereocenters. The average molecular weight is 432 g/mol. The molecule has 0 aromatic heterocycles. The molecule has 7 heteroatoms. The van der Waals surface area contributed by atoms with Crippen molar-refractivity contribution in [1.29, 1.82) is 0 Å². The molecule has 2 aromatic rings. The van der Waals surface area contributed by atoms with Crippen LogP contribution in [0.1, 0.15) is 12.0 Å². The first-order valence-electron chi connectivity index (χ1n) is 10.9. The van der Waals surface area contributed by atoms with Crippen LogP contribution in [0, 0.1) is 11.8 Å². The van der Waals surface area contributed by atoms with Crippen LogP contribution in [0.2, 0.25) is 0 Å². The van der Waals surface area contributed by atoms with Crippen LogP contribution in [-0.4, -0.2) is 53.1 Å². The van der Waals surface area contributed by atoms with Crippen molar-refractivity contribution in [3.8, 4) is 5.75 Å². The first-order valence-corrected chi connectivity index (χ1v) is 10.9. The third kappa shape index (κ3) is 3.86. The number of hydrogen-bond acceptors (Lipinski definition) is 5. The number of piperidine rings is 1. The van der Waals surface area contributed by atoms with Crippen LogP contribution >= 0.6 is 0 Å². The van der Waals surface area contributed by atoms with Gasteiger partial charge in [-0.1, -0.05) is 60.7 Å². The molecule has 2 saturated heterocycles. The van der Waals surface area contributed by atoms with Gasteiger partial charge in [-0.25, -0.2) is 14.5 Å². The van der Waals surface area contributed by atoms with E-state index in [1.807, 2.05) is 48.6 Å². The maximum Gasteiger partial charge on any atom is 0.416 e. The van der Waals surface area contributed by atoms with Crippen LogP contribution in [0.3, 0.4) is 0 Å². The van der Waals surface area contributed by atoms with E-state index in [4.69, 9.17) is 9.47 Å². The zero-order chi connectivity index (χ0) is 22.1. The molecule has 2 aromatic carbocycles. The average Bonchev–Trinajstić information content (AvgIpc) is 3.19. The van der Waals surface area contributed by atoms with Crippen molar-refractivity contribution in [1.82, 2.24) is 9.80 Å². The maximum absolute atomic E-state index is 13.5. The summed E-state index contributed by atoms with van der Waals surface area (Å²) in [6.07, 6.45) is 3.97. The highest BCUT2D eigenvalue weighted by Crippen LogP contribution is 2.37. The SMILES string of the molecule is O=C(Oc1ccccc1)N1C[C@H]2C=C[C@@H]1[C@@H](C(=O)N1C(=O)OC[C@@H]1Cc1ccccc1)C2. The van der Waals surface area contributed by atoms with Crippen LogP contribution in [0.15, 0.2) is 72.8 Å². The summed E-state index contributed by atoms with van der Waals surface area (Å²) in [5.41, 5.74) is 1.03. The maximum atomic E-state index is 13.5. The number of imide groups is 1. The van der Waals surface area contributed by atoms with Crippen LogP contribution in [0.5, 0.6) is 5.75 Å². The summed E-state index contributed by atoms with van der Waals surface area (Å²) in [5, 5.41) is 0. The van der Waals surface area contributed by atoms with E-state index in [1.54, 1.807) is 29.2 Å². The molecule has 0 N–H and O–H groups in total. The summed E-state index contributed by atoms with van der Waals surface area (Å²) in [6, 6.07) is 17.8. The van der Waals surface area contributed by atoms with Crippen molar-refractivity contribution in [3.05, 3.63) is 78.4 Å². The van der Waals surface area contributed by atoms with E-state index in [1.165, 1.54) is 4.90 Å². The zero-order valence-electron chi connectivity index (χ0n) is 17.5. The number of ether oxygens (including phenoxy) is 2. The molecule has 2 fully saturated rings. The van der Waals surface area contributed by atoms with E-state index in [2.05, 4.69) is 0 Å². The normalized spacial score (nSPS) is 26.2. The summed E-state index contributed by atoms with van der Waals surface area (Å²) in [5.74, 6) is -0.295. The van der Waals surface area contributed by atoms with Crippen molar-refractivity contribution < 1.29 is 23.9 Å². The molecule has 1 aliphatic carbocycles. The highest BCUT2D eigenvalue weighted by Gasteiger charge is 2.49. The fourth-order valence-corrected chi connectivity index (χ4v) is 4.82. The second-order valence-corrected chi connectivity index (χ2v) is 8.44. The number of hydrogen-bond donors (Lipinski definition) is 0. The first-order chi connectivity index (χ1) is 15.6. The van der Waals surface area contributed by atoms with Crippen molar-refractivity contribution in [2.75, 3.05) is 13.2 Å². The smallest absolute Gasteiger partial charge is 0.416 e. The van der Waals surface area contributed by atoms with Crippen LogP contribution in [0.25, 0.3) is 0 Å². The molecule has 2 bridgehead atoms. The summed E-state index contributed by atoms with van der Waals surface area (Å²) in [7, 11) is 0. The van der Waals surface area contributed by atoms with Gasteiger partial charge in [0.2, 0.25) is 5.91 Å². The molecular formula is C25H24N2O5. The third-order valence-corrected chi connectivity index (χ3v) is 6.35. The second kappa shape index (κ2) is 8.49. The molecule has 3 aliphatic heterocycles. The minimum absolute atomic E-state index is 0.0449. The number of rotatable bonds is 4. The van der Waals surface area contributed by atoms with Gasteiger partial charge in [-0.05, 0) is 36.5 Å². The predicted molar refractivity (Wildman–Crippen MR) is 116 cm³/mol. The lowest BCUT2D eigenvalue weighted by Crippen LogP contribution is -2.58. The molecule has 0 spiro atoms. The number of carbonyl (C=O) groups is 3. The topological polar surface area (TPSA) is 76.2 Å². The number of amides is 3. The van der Waals surface area contributed by atoms with Gasteiger partial charge in [0, 0.05) is 6.54 Å². The van der Waals surface area contributed by atoms with Crippen LogP contribution in [0.4, 0.5) is 9.59 Å². The van der Waals surface area contributed by atoms with Gasteiger partial charge < -0.3 is 14.4 Å². The lowest BCUT2D eigenvalue weighted by Gasteiger charge is -2.45. The molecule has 3 heterocycles. The van der Waals surface area contributed by atoms with Gasteiger partial charge in [-0.3, -0.25) is 4.79 Å². The molecule has 0 radical (unpaired) electrons. The molecule has 164 valence electrons. The quantitative estimate of drug-likeness (QED) is 0.690. The Balaban J connectivity index is 1.33. The predicted octanol–water partition coefficient (Wildman–Crippen LogP) is 3.65. The Labute approximate surface area is 186 Å². The van der Waals surface area contributed by atoms with Gasteiger partial charge in [0.1, 0.15) is 12.4 Å². The van der Waals surface area contributed by atoms with Crippen molar-refractivity contribution in [2.24, 2.45) is 11.8 Å². The summed E-state index contributed by atoms with van der Waals surface area (Å²) in [4.78, 5) is 41.7. The van der Waals surface area contributed by atoms with Crippen molar-refractivity contribution in [2.45, 2.75) is 24.9 Å². The Hall–Kier alpha value is -3.61. The number of benzene rings is 2. The Morgan fingerprint density at radius 1 is 1.00 bits per heavy atom. The lowest BCUT2D eigenvalue weighted by atomic mass is 9.77. The van der Waals surface area contributed by atoms with E-state index in [0.717, 1.165) is 5.56 Å². The molecule has 0 saturated carbocycles. The monoisotopic (exact) mass is 432 g/mol. The highest BCUT2D eigenvalue weighted by molar-refractivity contribution is 5.95. The molecule has 4 aliphatic rings. The Kier molecular flexibility index (Phi) is 5.39. The number of fused-ring (bicyclic) bond motifs is 2. The number of carbonyl (C=O) groups excluding carboxylic acids is 3. The molecular weight excluding hydrogens is 408 g/mol. The Bertz CT molecular complexity index is 1040. The fourth-order valence-electron chi connectivity index (χ4n) is 4.82. The minimum Gasteiger partial charge on any atom is -0.447 e. The van der Waals surface area contributed by atoms with Gasteiger partial charge in [0.05, 0.1) is 18.0 Å². The highest BCUT2D eigenvalue weighted by atomic mass is 16.6. The zero-order valence-corrected chi connectivity index (χ0v) is 17.5. The van der Waals surface area contributed by atoms with Gasteiger partial charge >= 0.3 is 12.2 Å². The summed E-state index contributed by atoms with van der Waals surface area (Å²) >= 11 is 0. The number of nitrogens with zero attached hydrogens (tertiary/aromatic N) is 2.